The summed E-state index contributed by atoms with van der Waals surface area (Å²) >= 11 is 1.80. The Morgan fingerprint density at radius 1 is 1.32 bits per heavy atom. The normalized spacial score (nSPS) is 15.2. The van der Waals surface area contributed by atoms with Gasteiger partial charge in [0.25, 0.3) is 0 Å². The highest BCUT2D eigenvalue weighted by molar-refractivity contribution is 7.10. The van der Waals surface area contributed by atoms with Crippen molar-refractivity contribution in [3.63, 3.8) is 0 Å². The molecule has 1 aliphatic heterocycles. The maximum absolute atomic E-state index is 13.2. The van der Waals surface area contributed by atoms with Crippen molar-refractivity contribution in [2.75, 3.05) is 13.1 Å². The Bertz CT molecular complexity index is 979. The van der Waals surface area contributed by atoms with Crippen molar-refractivity contribution >= 4 is 17.2 Å². The van der Waals surface area contributed by atoms with Gasteiger partial charge in [-0.05, 0) is 61.5 Å². The van der Waals surface area contributed by atoms with Gasteiger partial charge in [0.2, 0.25) is 5.91 Å². The van der Waals surface area contributed by atoms with E-state index in [9.17, 15) is 9.18 Å². The Morgan fingerprint density at radius 3 is 2.89 bits per heavy atom. The standard InChI is InChI=1S/C21H23FN4OS/c1-14(19-11-23-26(15(19)2)18-5-3-17(22)4-6-18)24-21(27)13-25-9-7-20-16(12-25)8-10-28-20/h3-6,8,10-11,14H,7,9,12-13H2,1-2H3,(H,24,27). The number of amides is 1. The lowest BCUT2D eigenvalue weighted by Crippen LogP contribution is -2.40. The molecule has 0 aliphatic carbocycles. The van der Waals surface area contributed by atoms with Gasteiger partial charge in [-0.3, -0.25) is 9.69 Å². The summed E-state index contributed by atoms with van der Waals surface area (Å²) < 4.78 is 14.9. The Labute approximate surface area is 167 Å². The van der Waals surface area contributed by atoms with Crippen LogP contribution >= 0.6 is 11.3 Å². The van der Waals surface area contributed by atoms with Crippen molar-refractivity contribution < 1.29 is 9.18 Å². The Morgan fingerprint density at radius 2 is 2.11 bits per heavy atom. The fourth-order valence-corrected chi connectivity index (χ4v) is 4.59. The summed E-state index contributed by atoms with van der Waals surface area (Å²) in [6.07, 6.45) is 2.78. The molecule has 3 aromatic rings. The van der Waals surface area contributed by atoms with Crippen LogP contribution in [0.15, 0.2) is 41.9 Å². The van der Waals surface area contributed by atoms with Crippen LogP contribution in [-0.2, 0) is 17.8 Å². The molecular weight excluding hydrogens is 375 g/mol. The molecule has 7 heteroatoms. The summed E-state index contributed by atoms with van der Waals surface area (Å²) in [6, 6.07) is 8.22. The molecule has 1 aliphatic rings. The average molecular weight is 399 g/mol. The summed E-state index contributed by atoms with van der Waals surface area (Å²) in [7, 11) is 0. The fourth-order valence-electron chi connectivity index (χ4n) is 3.70. The van der Waals surface area contributed by atoms with Crippen molar-refractivity contribution in [3.05, 3.63) is 69.4 Å². The monoisotopic (exact) mass is 398 g/mol. The third-order valence-electron chi connectivity index (χ3n) is 5.22. The first-order valence-corrected chi connectivity index (χ1v) is 10.3. The van der Waals surface area contributed by atoms with E-state index < -0.39 is 0 Å². The predicted molar refractivity (Wildman–Crippen MR) is 108 cm³/mol. The highest BCUT2D eigenvalue weighted by Crippen LogP contribution is 2.24. The molecule has 4 rings (SSSR count). The van der Waals surface area contributed by atoms with Gasteiger partial charge in [-0.2, -0.15) is 5.10 Å². The molecular formula is C21H23FN4OS. The van der Waals surface area contributed by atoms with Crippen molar-refractivity contribution in [3.8, 4) is 5.69 Å². The molecule has 0 fully saturated rings. The number of carbonyl (C=O) groups excluding carboxylic acids is 1. The van der Waals surface area contributed by atoms with E-state index in [0.29, 0.717) is 6.54 Å². The number of aromatic nitrogens is 2. The predicted octanol–water partition coefficient (Wildman–Crippen LogP) is 3.62. The zero-order valence-corrected chi connectivity index (χ0v) is 16.8. The van der Waals surface area contributed by atoms with E-state index in [0.717, 1.165) is 36.5 Å². The fraction of sp³-hybridized carbons (Fsp3) is 0.333. The second-order valence-corrected chi connectivity index (χ2v) is 8.19. The molecule has 5 nitrogen and oxygen atoms in total. The number of carbonyl (C=O) groups is 1. The van der Waals surface area contributed by atoms with Gasteiger partial charge in [0.1, 0.15) is 5.82 Å². The number of fused-ring (bicyclic) bond motifs is 1. The topological polar surface area (TPSA) is 50.2 Å². The van der Waals surface area contributed by atoms with Gasteiger partial charge in [-0.25, -0.2) is 9.07 Å². The molecule has 1 aromatic carbocycles. The number of thiophene rings is 1. The van der Waals surface area contributed by atoms with E-state index in [1.807, 2.05) is 13.8 Å². The Hall–Kier alpha value is -2.51. The molecule has 1 N–H and O–H groups in total. The molecule has 1 atom stereocenters. The zero-order valence-electron chi connectivity index (χ0n) is 16.0. The molecule has 2 aromatic heterocycles. The van der Waals surface area contributed by atoms with Crippen LogP contribution in [0.5, 0.6) is 0 Å². The van der Waals surface area contributed by atoms with Crippen LogP contribution in [0.1, 0.15) is 34.7 Å². The van der Waals surface area contributed by atoms with Crippen LogP contribution in [0.2, 0.25) is 0 Å². The quantitative estimate of drug-likeness (QED) is 0.714. The van der Waals surface area contributed by atoms with Gasteiger partial charge >= 0.3 is 0 Å². The van der Waals surface area contributed by atoms with Crippen LogP contribution in [0.25, 0.3) is 5.69 Å². The summed E-state index contributed by atoms with van der Waals surface area (Å²) in [5, 5.41) is 9.62. The summed E-state index contributed by atoms with van der Waals surface area (Å²) in [6.45, 7) is 6.06. The SMILES string of the molecule is Cc1c(C(C)NC(=O)CN2CCc3sccc3C2)cnn1-c1ccc(F)cc1. The summed E-state index contributed by atoms with van der Waals surface area (Å²) in [5.74, 6) is -0.262. The highest BCUT2D eigenvalue weighted by atomic mass is 32.1. The maximum atomic E-state index is 13.2. The summed E-state index contributed by atoms with van der Waals surface area (Å²) in [4.78, 5) is 16.2. The number of benzene rings is 1. The van der Waals surface area contributed by atoms with E-state index in [1.54, 1.807) is 34.3 Å². The minimum Gasteiger partial charge on any atom is -0.348 e. The van der Waals surface area contributed by atoms with Crippen LogP contribution in [0.4, 0.5) is 4.39 Å². The molecule has 1 amide bonds. The lowest BCUT2D eigenvalue weighted by atomic mass is 10.1. The molecule has 0 saturated heterocycles. The van der Waals surface area contributed by atoms with Crippen molar-refractivity contribution in [2.45, 2.75) is 32.9 Å². The maximum Gasteiger partial charge on any atom is 0.234 e. The van der Waals surface area contributed by atoms with E-state index in [2.05, 4.69) is 26.8 Å². The minimum absolute atomic E-state index is 0.0140. The molecule has 0 radical (unpaired) electrons. The number of hydrogen-bond donors (Lipinski definition) is 1. The smallest absolute Gasteiger partial charge is 0.234 e. The second-order valence-electron chi connectivity index (χ2n) is 7.19. The first-order valence-electron chi connectivity index (χ1n) is 9.38. The Balaban J connectivity index is 1.39. The first-order chi connectivity index (χ1) is 13.5. The van der Waals surface area contributed by atoms with Gasteiger partial charge in [-0.15, -0.1) is 11.3 Å². The van der Waals surface area contributed by atoms with Gasteiger partial charge < -0.3 is 5.32 Å². The van der Waals surface area contributed by atoms with Crippen molar-refractivity contribution in [1.82, 2.24) is 20.0 Å². The zero-order chi connectivity index (χ0) is 19.7. The second kappa shape index (κ2) is 7.85. The molecule has 0 saturated carbocycles. The highest BCUT2D eigenvalue weighted by Gasteiger charge is 2.21. The van der Waals surface area contributed by atoms with Gasteiger partial charge in [0, 0.05) is 29.2 Å². The third kappa shape index (κ3) is 3.86. The molecule has 3 heterocycles. The first kappa shape index (κ1) is 18.8. The molecule has 0 spiro atoms. The van der Waals surface area contributed by atoms with Crippen LogP contribution in [-0.4, -0.2) is 33.7 Å². The van der Waals surface area contributed by atoms with Crippen LogP contribution < -0.4 is 5.32 Å². The largest absolute Gasteiger partial charge is 0.348 e. The molecule has 28 heavy (non-hydrogen) atoms. The number of rotatable bonds is 5. The third-order valence-corrected chi connectivity index (χ3v) is 6.24. The van der Waals surface area contributed by atoms with Gasteiger partial charge in [0.05, 0.1) is 24.5 Å². The summed E-state index contributed by atoms with van der Waals surface area (Å²) in [5.41, 5.74) is 4.02. The number of halogens is 1. The van der Waals surface area contributed by atoms with E-state index in [4.69, 9.17) is 0 Å². The van der Waals surface area contributed by atoms with E-state index in [-0.39, 0.29) is 17.8 Å². The van der Waals surface area contributed by atoms with E-state index >= 15 is 0 Å². The number of nitrogens with one attached hydrogen (secondary N) is 1. The molecule has 0 bridgehead atoms. The van der Waals surface area contributed by atoms with Crippen LogP contribution in [0, 0.1) is 12.7 Å². The van der Waals surface area contributed by atoms with Gasteiger partial charge in [-0.1, -0.05) is 0 Å². The lowest BCUT2D eigenvalue weighted by molar-refractivity contribution is -0.123. The van der Waals surface area contributed by atoms with Crippen molar-refractivity contribution in [2.24, 2.45) is 0 Å². The Kier molecular flexibility index (Phi) is 5.28. The average Bonchev–Trinajstić information content (AvgIpc) is 3.28. The van der Waals surface area contributed by atoms with Crippen LogP contribution in [0.3, 0.4) is 0 Å². The molecule has 1 unspecified atom stereocenters. The van der Waals surface area contributed by atoms with Gasteiger partial charge in [0.15, 0.2) is 0 Å². The van der Waals surface area contributed by atoms with E-state index in [1.165, 1.54) is 22.6 Å². The number of nitrogens with zero attached hydrogens (tertiary/aromatic N) is 3. The minimum atomic E-state index is -0.276. The molecule has 146 valence electrons. The number of hydrogen-bond acceptors (Lipinski definition) is 4. The lowest BCUT2D eigenvalue weighted by Gasteiger charge is -2.26. The van der Waals surface area contributed by atoms with Crippen molar-refractivity contribution in [1.29, 1.82) is 0 Å².